The zero-order valence-corrected chi connectivity index (χ0v) is 10.8. The fourth-order valence-corrected chi connectivity index (χ4v) is 3.18. The number of halogens is 1. The minimum absolute atomic E-state index is 0.729. The number of nitrogens with zero attached hydrogens (tertiary/aromatic N) is 1. The molecule has 0 radical (unpaired) electrons. The van der Waals surface area contributed by atoms with Crippen molar-refractivity contribution >= 4 is 15.9 Å². The van der Waals surface area contributed by atoms with Crippen LogP contribution in [0, 0.1) is 11.8 Å². The third kappa shape index (κ3) is 2.47. The lowest BCUT2D eigenvalue weighted by atomic mass is 10.0. The van der Waals surface area contributed by atoms with Crippen molar-refractivity contribution in [1.82, 2.24) is 4.90 Å². The molecule has 0 aliphatic carbocycles. The van der Waals surface area contributed by atoms with E-state index in [1.807, 2.05) is 0 Å². The van der Waals surface area contributed by atoms with Crippen molar-refractivity contribution < 1.29 is 0 Å². The van der Waals surface area contributed by atoms with Crippen molar-refractivity contribution in [3.63, 3.8) is 0 Å². The number of rotatable bonds is 3. The van der Waals surface area contributed by atoms with Gasteiger partial charge in [0.2, 0.25) is 0 Å². The van der Waals surface area contributed by atoms with Gasteiger partial charge in [0.05, 0.1) is 0 Å². The molecule has 0 saturated carbocycles. The van der Waals surface area contributed by atoms with Crippen LogP contribution in [0.25, 0.3) is 0 Å². The Morgan fingerprint density at radius 3 is 2.46 bits per heavy atom. The molecule has 13 heavy (non-hydrogen) atoms. The lowest BCUT2D eigenvalue weighted by molar-refractivity contribution is 0.154. The van der Waals surface area contributed by atoms with Gasteiger partial charge in [-0.15, -0.1) is 0 Å². The molecule has 1 saturated heterocycles. The van der Waals surface area contributed by atoms with Crippen molar-refractivity contribution in [3.05, 3.63) is 0 Å². The minimum atomic E-state index is 0.729. The van der Waals surface area contributed by atoms with E-state index in [0.717, 1.165) is 29.2 Å². The maximum Gasteiger partial charge on any atom is 0.0221 e. The number of hydrogen-bond donors (Lipinski definition) is 0. The third-order valence-corrected chi connectivity index (χ3v) is 4.23. The Labute approximate surface area is 91.0 Å². The summed E-state index contributed by atoms with van der Waals surface area (Å²) in [6.07, 6.45) is 1.37. The normalized spacial score (nSPS) is 32.8. The molecule has 1 nitrogen and oxygen atoms in total. The molecule has 0 aromatic carbocycles. The molecular weight excluding hydrogens is 226 g/mol. The van der Waals surface area contributed by atoms with Crippen molar-refractivity contribution in [1.29, 1.82) is 0 Å². The van der Waals surface area contributed by atoms with Crippen LogP contribution in [0.4, 0.5) is 0 Å². The predicted octanol–water partition coefficient (Wildman–Crippen LogP) is 3.14. The first-order chi connectivity index (χ1) is 6.07. The van der Waals surface area contributed by atoms with Crippen molar-refractivity contribution in [2.75, 3.05) is 11.9 Å². The van der Waals surface area contributed by atoms with Crippen molar-refractivity contribution in [3.8, 4) is 0 Å². The van der Waals surface area contributed by atoms with Gasteiger partial charge in [-0.05, 0) is 31.7 Å². The zero-order valence-electron chi connectivity index (χ0n) is 9.26. The van der Waals surface area contributed by atoms with Crippen LogP contribution in [0.1, 0.15) is 34.1 Å². The molecule has 1 aliphatic heterocycles. The Bertz CT molecular complexity index is 158. The second-order valence-corrected chi connectivity index (χ2v) is 5.36. The summed E-state index contributed by atoms with van der Waals surface area (Å²) in [5, 5.41) is 1.13. The molecule has 1 heterocycles. The number of alkyl halides is 1. The van der Waals surface area contributed by atoms with Crippen molar-refractivity contribution in [2.24, 2.45) is 11.8 Å². The summed E-state index contributed by atoms with van der Waals surface area (Å²) in [5.74, 6) is 1.63. The van der Waals surface area contributed by atoms with Gasteiger partial charge in [0.25, 0.3) is 0 Å². The molecule has 78 valence electrons. The standard InChI is InChI=1S/C11H22BrN/c1-8(2)10(4)13-6-5-9(3)11(13)7-12/h8-11H,5-7H2,1-4H3. The molecule has 0 aromatic rings. The van der Waals surface area contributed by atoms with Crippen LogP contribution in [-0.2, 0) is 0 Å². The summed E-state index contributed by atoms with van der Waals surface area (Å²) in [5.41, 5.74) is 0. The largest absolute Gasteiger partial charge is 0.296 e. The van der Waals surface area contributed by atoms with E-state index in [2.05, 4.69) is 48.5 Å². The number of likely N-dealkylation sites (tertiary alicyclic amines) is 1. The average molecular weight is 248 g/mol. The summed E-state index contributed by atoms with van der Waals surface area (Å²) in [6.45, 7) is 10.7. The highest BCUT2D eigenvalue weighted by Gasteiger charge is 2.33. The Morgan fingerprint density at radius 1 is 1.38 bits per heavy atom. The molecule has 3 unspecified atom stereocenters. The van der Waals surface area contributed by atoms with Crippen LogP contribution < -0.4 is 0 Å². The Kier molecular flexibility index (Phi) is 4.24. The SMILES string of the molecule is CC(C)C(C)N1CCC(C)C1CBr. The molecule has 2 heteroatoms. The van der Waals surface area contributed by atoms with Crippen LogP contribution in [0.5, 0.6) is 0 Å². The Hall–Kier alpha value is 0.440. The molecule has 0 amide bonds. The first-order valence-electron chi connectivity index (χ1n) is 5.39. The van der Waals surface area contributed by atoms with E-state index in [4.69, 9.17) is 0 Å². The molecule has 0 N–H and O–H groups in total. The van der Waals surface area contributed by atoms with Crippen LogP contribution in [-0.4, -0.2) is 28.9 Å². The van der Waals surface area contributed by atoms with Gasteiger partial charge in [0.1, 0.15) is 0 Å². The molecular formula is C11H22BrN. The lowest BCUT2D eigenvalue weighted by Gasteiger charge is -2.33. The third-order valence-electron chi connectivity index (χ3n) is 3.57. The maximum atomic E-state index is 3.63. The quantitative estimate of drug-likeness (QED) is 0.693. The monoisotopic (exact) mass is 247 g/mol. The van der Waals surface area contributed by atoms with E-state index in [1.165, 1.54) is 13.0 Å². The average Bonchev–Trinajstić information content (AvgIpc) is 2.45. The topological polar surface area (TPSA) is 3.24 Å². The highest BCUT2D eigenvalue weighted by Crippen LogP contribution is 2.29. The van der Waals surface area contributed by atoms with Crippen LogP contribution >= 0.6 is 15.9 Å². The summed E-state index contributed by atoms with van der Waals surface area (Å²) >= 11 is 3.63. The van der Waals surface area contributed by atoms with Gasteiger partial charge < -0.3 is 0 Å². The maximum absolute atomic E-state index is 3.63. The first-order valence-corrected chi connectivity index (χ1v) is 6.51. The predicted molar refractivity (Wildman–Crippen MR) is 62.4 cm³/mol. The summed E-state index contributed by atoms with van der Waals surface area (Å²) in [7, 11) is 0. The Balaban J connectivity index is 2.59. The fourth-order valence-electron chi connectivity index (χ4n) is 2.17. The smallest absolute Gasteiger partial charge is 0.0221 e. The molecule has 3 atom stereocenters. The Morgan fingerprint density at radius 2 is 2.00 bits per heavy atom. The zero-order chi connectivity index (χ0) is 10.0. The van der Waals surface area contributed by atoms with E-state index in [1.54, 1.807) is 0 Å². The molecule has 0 aromatic heterocycles. The van der Waals surface area contributed by atoms with Gasteiger partial charge >= 0.3 is 0 Å². The molecule has 1 rings (SSSR count). The van der Waals surface area contributed by atoms with E-state index in [-0.39, 0.29) is 0 Å². The second-order valence-electron chi connectivity index (χ2n) is 4.71. The molecule has 0 spiro atoms. The fraction of sp³-hybridized carbons (Fsp3) is 1.00. The van der Waals surface area contributed by atoms with E-state index in [0.29, 0.717) is 0 Å². The van der Waals surface area contributed by atoms with Crippen molar-refractivity contribution in [2.45, 2.75) is 46.2 Å². The van der Waals surface area contributed by atoms with Gasteiger partial charge in [-0.25, -0.2) is 0 Å². The van der Waals surface area contributed by atoms with E-state index in [9.17, 15) is 0 Å². The van der Waals surface area contributed by atoms with Gasteiger partial charge in [-0.1, -0.05) is 36.7 Å². The second kappa shape index (κ2) is 4.79. The molecule has 1 aliphatic rings. The molecule has 0 bridgehead atoms. The van der Waals surface area contributed by atoms with Gasteiger partial charge in [-0.2, -0.15) is 0 Å². The first kappa shape index (κ1) is 11.5. The van der Waals surface area contributed by atoms with E-state index < -0.39 is 0 Å². The number of hydrogen-bond acceptors (Lipinski definition) is 1. The van der Waals surface area contributed by atoms with Crippen LogP contribution in [0.3, 0.4) is 0 Å². The summed E-state index contributed by atoms with van der Waals surface area (Å²) in [6, 6.07) is 1.49. The van der Waals surface area contributed by atoms with Gasteiger partial charge in [0.15, 0.2) is 0 Å². The van der Waals surface area contributed by atoms with Gasteiger partial charge in [0, 0.05) is 17.4 Å². The van der Waals surface area contributed by atoms with Crippen LogP contribution in [0.2, 0.25) is 0 Å². The van der Waals surface area contributed by atoms with Gasteiger partial charge in [-0.3, -0.25) is 4.90 Å². The highest BCUT2D eigenvalue weighted by atomic mass is 79.9. The summed E-state index contributed by atoms with van der Waals surface area (Å²) in [4.78, 5) is 2.67. The molecule has 1 fully saturated rings. The van der Waals surface area contributed by atoms with Crippen LogP contribution in [0.15, 0.2) is 0 Å². The van der Waals surface area contributed by atoms with E-state index >= 15 is 0 Å². The lowest BCUT2D eigenvalue weighted by Crippen LogP contribution is -2.42. The highest BCUT2D eigenvalue weighted by molar-refractivity contribution is 9.09. The minimum Gasteiger partial charge on any atom is -0.296 e. The summed E-state index contributed by atoms with van der Waals surface area (Å²) < 4.78 is 0.